The Morgan fingerprint density at radius 1 is 1.18 bits per heavy atom. The predicted octanol–water partition coefficient (Wildman–Crippen LogP) is 4.19. The zero-order valence-electron chi connectivity index (χ0n) is 16.0. The minimum absolute atomic E-state index is 0.0331. The molecule has 28 heavy (non-hydrogen) atoms. The Morgan fingerprint density at radius 2 is 2.00 bits per heavy atom. The number of hydrogen-bond acceptors (Lipinski definition) is 4. The summed E-state index contributed by atoms with van der Waals surface area (Å²) in [5.74, 6) is -0.0299. The Balaban J connectivity index is 1.48. The highest BCUT2D eigenvalue weighted by Crippen LogP contribution is 2.25. The molecule has 1 aliphatic rings. The number of halogens is 1. The van der Waals surface area contributed by atoms with Gasteiger partial charge in [0.25, 0.3) is 5.91 Å². The van der Waals surface area contributed by atoms with Crippen molar-refractivity contribution in [1.29, 1.82) is 0 Å². The topological polar surface area (TPSA) is 49.6 Å². The van der Waals surface area contributed by atoms with Crippen LogP contribution < -0.4 is 0 Å². The Hall–Kier alpha value is -2.73. The van der Waals surface area contributed by atoms with Crippen LogP contribution >= 0.6 is 0 Å². The number of likely N-dealkylation sites (N-methyl/N-ethyl adjacent to an activating group) is 1. The third kappa shape index (κ3) is 4.07. The number of fused-ring (bicyclic) bond motifs is 1. The molecule has 0 bridgehead atoms. The van der Waals surface area contributed by atoms with Crippen molar-refractivity contribution in [3.8, 4) is 11.5 Å². The number of hydrogen-bond donors (Lipinski definition) is 0. The molecule has 0 N–H and O–H groups in total. The van der Waals surface area contributed by atoms with Gasteiger partial charge in [-0.25, -0.2) is 9.37 Å². The molecule has 0 radical (unpaired) electrons. The van der Waals surface area contributed by atoms with Crippen LogP contribution in [0.3, 0.4) is 0 Å². The molecule has 1 saturated heterocycles. The van der Waals surface area contributed by atoms with Gasteiger partial charge in [0, 0.05) is 31.3 Å². The second-order valence-corrected chi connectivity index (χ2v) is 7.34. The van der Waals surface area contributed by atoms with Crippen molar-refractivity contribution in [3.05, 3.63) is 53.8 Å². The quantitative estimate of drug-likeness (QED) is 0.665. The number of aromatic nitrogens is 1. The van der Waals surface area contributed by atoms with E-state index in [2.05, 4.69) is 9.88 Å². The molecule has 0 saturated carbocycles. The van der Waals surface area contributed by atoms with Crippen LogP contribution in [0.4, 0.5) is 4.39 Å². The summed E-state index contributed by atoms with van der Waals surface area (Å²) in [6.07, 6.45) is 3.79. The number of carbonyl (C=O) groups is 1. The summed E-state index contributed by atoms with van der Waals surface area (Å²) in [5, 5.41) is 0. The van der Waals surface area contributed by atoms with Crippen LogP contribution in [-0.2, 0) is 0 Å². The van der Waals surface area contributed by atoms with Crippen molar-refractivity contribution in [2.75, 3.05) is 33.2 Å². The van der Waals surface area contributed by atoms with Crippen LogP contribution in [-0.4, -0.2) is 53.9 Å². The first kappa shape index (κ1) is 18.6. The molecule has 146 valence electrons. The fraction of sp³-hybridized carbons (Fsp3) is 0.364. The van der Waals surface area contributed by atoms with E-state index in [9.17, 15) is 9.18 Å². The van der Waals surface area contributed by atoms with E-state index in [4.69, 9.17) is 4.42 Å². The highest BCUT2D eigenvalue weighted by molar-refractivity contribution is 5.97. The molecule has 2 heterocycles. The average Bonchev–Trinajstić information content (AvgIpc) is 3.15. The summed E-state index contributed by atoms with van der Waals surface area (Å²) in [6.45, 7) is 3.84. The maximum absolute atomic E-state index is 13.5. The molecule has 0 aliphatic carbocycles. The zero-order valence-corrected chi connectivity index (χ0v) is 16.0. The maximum atomic E-state index is 13.5. The second kappa shape index (κ2) is 8.10. The summed E-state index contributed by atoms with van der Waals surface area (Å²) in [7, 11) is 1.83. The van der Waals surface area contributed by atoms with Gasteiger partial charge in [-0.3, -0.25) is 4.79 Å². The lowest BCUT2D eigenvalue weighted by Gasteiger charge is -2.28. The molecule has 1 amide bonds. The van der Waals surface area contributed by atoms with Gasteiger partial charge < -0.3 is 14.2 Å². The maximum Gasteiger partial charge on any atom is 0.253 e. The van der Waals surface area contributed by atoms with E-state index < -0.39 is 0 Å². The Labute approximate surface area is 163 Å². The van der Waals surface area contributed by atoms with Gasteiger partial charge in [-0.1, -0.05) is 12.5 Å². The fourth-order valence-corrected chi connectivity index (χ4v) is 3.60. The number of carbonyl (C=O) groups excluding carboxylic acids is 1. The van der Waals surface area contributed by atoms with E-state index in [0.717, 1.165) is 19.6 Å². The molecule has 0 spiro atoms. The van der Waals surface area contributed by atoms with E-state index in [1.807, 2.05) is 7.05 Å². The van der Waals surface area contributed by atoms with Gasteiger partial charge in [0.1, 0.15) is 11.3 Å². The molecule has 1 aliphatic heterocycles. The van der Waals surface area contributed by atoms with Crippen LogP contribution in [0, 0.1) is 5.82 Å². The Kier molecular flexibility index (Phi) is 5.39. The van der Waals surface area contributed by atoms with Crippen molar-refractivity contribution in [3.63, 3.8) is 0 Å². The van der Waals surface area contributed by atoms with Crippen LogP contribution in [0.15, 0.2) is 46.9 Å². The third-order valence-corrected chi connectivity index (χ3v) is 5.25. The molecule has 0 unspecified atom stereocenters. The van der Waals surface area contributed by atoms with Gasteiger partial charge in [0.2, 0.25) is 5.89 Å². The lowest BCUT2D eigenvalue weighted by Crippen LogP contribution is -2.38. The molecule has 1 fully saturated rings. The van der Waals surface area contributed by atoms with Crippen LogP contribution in [0.1, 0.15) is 29.6 Å². The number of likely N-dealkylation sites (tertiary alicyclic amines) is 1. The van der Waals surface area contributed by atoms with Crippen LogP contribution in [0.25, 0.3) is 22.6 Å². The molecular weight excluding hydrogens is 357 g/mol. The smallest absolute Gasteiger partial charge is 0.253 e. The largest absolute Gasteiger partial charge is 0.436 e. The van der Waals surface area contributed by atoms with Gasteiger partial charge >= 0.3 is 0 Å². The summed E-state index contributed by atoms with van der Waals surface area (Å²) < 4.78 is 19.2. The van der Waals surface area contributed by atoms with Crippen molar-refractivity contribution in [1.82, 2.24) is 14.8 Å². The summed E-state index contributed by atoms with van der Waals surface area (Å²) in [6, 6.07) is 11.4. The molecule has 3 aromatic rings. The molecule has 5 nitrogen and oxygen atoms in total. The molecular formula is C22H24FN3O2. The lowest BCUT2D eigenvalue weighted by atomic mass is 10.1. The zero-order chi connectivity index (χ0) is 19.5. The van der Waals surface area contributed by atoms with E-state index in [0.29, 0.717) is 34.7 Å². The van der Waals surface area contributed by atoms with Gasteiger partial charge in [-0.15, -0.1) is 0 Å². The fourth-order valence-electron chi connectivity index (χ4n) is 3.60. The first-order chi connectivity index (χ1) is 13.6. The minimum Gasteiger partial charge on any atom is -0.436 e. The molecule has 0 atom stereocenters. The number of rotatable bonds is 5. The average molecular weight is 381 g/mol. The first-order valence-electron chi connectivity index (χ1n) is 9.74. The molecule has 1 aromatic heterocycles. The number of oxazole rings is 1. The van der Waals surface area contributed by atoms with Crippen LogP contribution in [0.2, 0.25) is 0 Å². The summed E-state index contributed by atoms with van der Waals surface area (Å²) in [5.41, 5.74) is 2.32. The Bertz CT molecular complexity index is 979. The SMILES string of the molecule is CN(CCN1CCCCC1)C(=O)c1ccc2oc(-c3cccc(F)c3)nc2c1. The van der Waals surface area contributed by atoms with E-state index >= 15 is 0 Å². The number of benzene rings is 2. The van der Waals surface area contributed by atoms with Crippen molar-refractivity contribution >= 4 is 17.0 Å². The number of piperidine rings is 1. The highest BCUT2D eigenvalue weighted by atomic mass is 19.1. The van der Waals surface area contributed by atoms with E-state index in [-0.39, 0.29) is 11.7 Å². The predicted molar refractivity (Wildman–Crippen MR) is 107 cm³/mol. The van der Waals surface area contributed by atoms with Crippen molar-refractivity contribution < 1.29 is 13.6 Å². The monoisotopic (exact) mass is 381 g/mol. The van der Waals surface area contributed by atoms with Crippen molar-refractivity contribution in [2.45, 2.75) is 19.3 Å². The van der Waals surface area contributed by atoms with Gasteiger partial charge in [-0.05, 0) is 62.3 Å². The number of amides is 1. The summed E-state index contributed by atoms with van der Waals surface area (Å²) in [4.78, 5) is 21.4. The molecule has 4 rings (SSSR count). The van der Waals surface area contributed by atoms with Gasteiger partial charge in [0.15, 0.2) is 5.58 Å². The highest BCUT2D eigenvalue weighted by Gasteiger charge is 2.17. The standard InChI is InChI=1S/C22H24FN3O2/c1-25(12-13-26-10-3-2-4-11-26)22(27)17-8-9-20-19(15-17)24-21(28-20)16-6-5-7-18(23)14-16/h5-9,14-15H,2-4,10-13H2,1H3. The number of nitrogens with zero attached hydrogens (tertiary/aromatic N) is 3. The molecule has 2 aromatic carbocycles. The van der Waals surface area contributed by atoms with Gasteiger partial charge in [-0.2, -0.15) is 0 Å². The van der Waals surface area contributed by atoms with Crippen molar-refractivity contribution in [2.24, 2.45) is 0 Å². The van der Waals surface area contributed by atoms with E-state index in [1.165, 1.54) is 31.4 Å². The minimum atomic E-state index is -0.342. The van der Waals surface area contributed by atoms with E-state index in [1.54, 1.807) is 35.2 Å². The first-order valence-corrected chi connectivity index (χ1v) is 9.74. The van der Waals surface area contributed by atoms with Crippen LogP contribution in [0.5, 0.6) is 0 Å². The summed E-state index contributed by atoms with van der Waals surface area (Å²) >= 11 is 0. The van der Waals surface area contributed by atoms with Gasteiger partial charge in [0.05, 0.1) is 0 Å². The Morgan fingerprint density at radius 3 is 2.79 bits per heavy atom. The lowest BCUT2D eigenvalue weighted by molar-refractivity contribution is 0.0773. The second-order valence-electron chi connectivity index (χ2n) is 7.34. The normalized spacial score (nSPS) is 15.1. The third-order valence-electron chi connectivity index (χ3n) is 5.25. The molecule has 6 heteroatoms.